The molecule has 0 amide bonds. The third kappa shape index (κ3) is 2.73. The molecule has 0 saturated heterocycles. The number of hydrogen-bond donors (Lipinski definition) is 1. The largest absolute Gasteiger partial charge is 0.390 e. The van der Waals surface area contributed by atoms with Crippen LogP contribution in [0.1, 0.15) is 59.8 Å². The van der Waals surface area contributed by atoms with Crippen LogP contribution in [-0.2, 0) is 0 Å². The van der Waals surface area contributed by atoms with Gasteiger partial charge in [0.1, 0.15) is 0 Å². The van der Waals surface area contributed by atoms with Crippen molar-refractivity contribution in [2.75, 3.05) is 0 Å². The maximum atomic E-state index is 10.6. The lowest BCUT2D eigenvalue weighted by Gasteiger charge is -2.43. The quantitative estimate of drug-likeness (QED) is 0.734. The van der Waals surface area contributed by atoms with Crippen molar-refractivity contribution in [3.8, 4) is 0 Å². The highest BCUT2D eigenvalue weighted by molar-refractivity contribution is 4.91. The molecule has 3 unspecified atom stereocenters. The Hall–Kier alpha value is -0.0400. The molecule has 1 nitrogen and oxygen atoms in total. The fourth-order valence-corrected chi connectivity index (χ4v) is 3.25. The van der Waals surface area contributed by atoms with Gasteiger partial charge in [-0.2, -0.15) is 0 Å². The van der Waals surface area contributed by atoms with Crippen LogP contribution in [0, 0.1) is 17.8 Å². The van der Waals surface area contributed by atoms with Crippen LogP contribution in [0.5, 0.6) is 0 Å². The second kappa shape index (κ2) is 4.65. The SMILES string of the molecule is CCCC(C)C1(O)CC(C)CC(C)C1. The molecule has 1 heteroatoms. The molecule has 0 aromatic carbocycles. The minimum absolute atomic E-state index is 0.368. The Morgan fingerprint density at radius 1 is 1.29 bits per heavy atom. The Balaban J connectivity index is 2.61. The fraction of sp³-hybridized carbons (Fsp3) is 1.00. The summed E-state index contributed by atoms with van der Waals surface area (Å²) in [6, 6.07) is 0. The second-order valence-electron chi connectivity index (χ2n) is 5.65. The molecule has 0 bridgehead atoms. The smallest absolute Gasteiger partial charge is 0.0678 e. The number of rotatable bonds is 3. The lowest BCUT2D eigenvalue weighted by Crippen LogP contribution is -2.43. The Morgan fingerprint density at radius 3 is 2.21 bits per heavy atom. The average molecular weight is 198 g/mol. The van der Waals surface area contributed by atoms with Crippen LogP contribution >= 0.6 is 0 Å². The molecule has 3 atom stereocenters. The van der Waals surface area contributed by atoms with Crippen molar-refractivity contribution in [1.82, 2.24) is 0 Å². The van der Waals surface area contributed by atoms with E-state index in [4.69, 9.17) is 0 Å². The maximum absolute atomic E-state index is 10.6. The molecule has 1 aliphatic rings. The number of hydrogen-bond acceptors (Lipinski definition) is 1. The molecule has 0 aromatic rings. The van der Waals surface area contributed by atoms with Crippen LogP contribution in [0.15, 0.2) is 0 Å². The van der Waals surface area contributed by atoms with E-state index < -0.39 is 0 Å². The van der Waals surface area contributed by atoms with Crippen molar-refractivity contribution in [3.63, 3.8) is 0 Å². The Morgan fingerprint density at radius 2 is 1.79 bits per heavy atom. The standard InChI is InChI=1S/C13H26O/c1-5-6-12(4)13(14)8-10(2)7-11(3)9-13/h10-12,14H,5-9H2,1-4H3. The summed E-state index contributed by atoms with van der Waals surface area (Å²) < 4.78 is 0. The first-order valence-corrected chi connectivity index (χ1v) is 6.20. The molecule has 0 radical (unpaired) electrons. The van der Waals surface area contributed by atoms with Gasteiger partial charge < -0.3 is 5.11 Å². The molecule has 1 fully saturated rings. The topological polar surface area (TPSA) is 20.2 Å². The molecule has 1 N–H and O–H groups in total. The van der Waals surface area contributed by atoms with Gasteiger partial charge >= 0.3 is 0 Å². The summed E-state index contributed by atoms with van der Waals surface area (Å²) in [5.41, 5.74) is -0.368. The Kier molecular flexibility index (Phi) is 4.00. The fourth-order valence-electron chi connectivity index (χ4n) is 3.25. The van der Waals surface area contributed by atoms with Crippen LogP contribution in [0.4, 0.5) is 0 Å². The van der Waals surface area contributed by atoms with Crippen LogP contribution in [-0.4, -0.2) is 10.7 Å². The van der Waals surface area contributed by atoms with E-state index in [2.05, 4.69) is 27.7 Å². The summed E-state index contributed by atoms with van der Waals surface area (Å²) in [5.74, 6) is 1.86. The summed E-state index contributed by atoms with van der Waals surface area (Å²) in [6.07, 6.45) is 5.67. The van der Waals surface area contributed by atoms with E-state index in [0.717, 1.165) is 19.3 Å². The molecule has 1 aliphatic carbocycles. The summed E-state index contributed by atoms with van der Waals surface area (Å²) >= 11 is 0. The van der Waals surface area contributed by atoms with Gasteiger partial charge in [0, 0.05) is 0 Å². The monoisotopic (exact) mass is 198 g/mol. The van der Waals surface area contributed by atoms with Crippen LogP contribution in [0.3, 0.4) is 0 Å². The highest BCUT2D eigenvalue weighted by Crippen LogP contribution is 2.41. The van der Waals surface area contributed by atoms with Gasteiger partial charge in [-0.1, -0.05) is 34.1 Å². The van der Waals surface area contributed by atoms with Crippen molar-refractivity contribution >= 4 is 0 Å². The third-order valence-corrected chi connectivity index (χ3v) is 3.85. The van der Waals surface area contributed by atoms with Crippen molar-refractivity contribution < 1.29 is 5.11 Å². The van der Waals surface area contributed by atoms with E-state index in [1.54, 1.807) is 0 Å². The zero-order chi connectivity index (χ0) is 10.8. The zero-order valence-electron chi connectivity index (χ0n) is 10.2. The predicted octanol–water partition coefficient (Wildman–Crippen LogP) is 3.61. The van der Waals surface area contributed by atoms with Crippen molar-refractivity contribution in [2.45, 2.75) is 65.4 Å². The van der Waals surface area contributed by atoms with E-state index in [-0.39, 0.29) is 5.60 Å². The van der Waals surface area contributed by atoms with Crippen LogP contribution < -0.4 is 0 Å². The van der Waals surface area contributed by atoms with Gasteiger partial charge in [-0.15, -0.1) is 0 Å². The Labute approximate surface area is 88.9 Å². The van der Waals surface area contributed by atoms with Gasteiger partial charge in [0.15, 0.2) is 0 Å². The van der Waals surface area contributed by atoms with Gasteiger partial charge in [0.2, 0.25) is 0 Å². The van der Waals surface area contributed by atoms with E-state index in [0.29, 0.717) is 17.8 Å². The van der Waals surface area contributed by atoms with Crippen molar-refractivity contribution in [3.05, 3.63) is 0 Å². The minimum Gasteiger partial charge on any atom is -0.390 e. The summed E-state index contributed by atoms with van der Waals surface area (Å²) in [6.45, 7) is 8.97. The van der Waals surface area contributed by atoms with E-state index >= 15 is 0 Å². The molecular weight excluding hydrogens is 172 g/mol. The first-order valence-electron chi connectivity index (χ1n) is 6.20. The molecule has 0 aliphatic heterocycles. The molecule has 0 spiro atoms. The lowest BCUT2D eigenvalue weighted by atomic mass is 9.68. The summed E-state index contributed by atoms with van der Waals surface area (Å²) in [7, 11) is 0. The van der Waals surface area contributed by atoms with Crippen LogP contribution in [0.25, 0.3) is 0 Å². The molecule has 14 heavy (non-hydrogen) atoms. The molecular formula is C13H26O. The highest BCUT2D eigenvalue weighted by atomic mass is 16.3. The maximum Gasteiger partial charge on any atom is 0.0678 e. The first-order chi connectivity index (χ1) is 6.48. The predicted molar refractivity (Wildman–Crippen MR) is 61.2 cm³/mol. The highest BCUT2D eigenvalue weighted by Gasteiger charge is 2.39. The second-order valence-corrected chi connectivity index (χ2v) is 5.65. The third-order valence-electron chi connectivity index (χ3n) is 3.85. The van der Waals surface area contributed by atoms with Crippen molar-refractivity contribution in [2.24, 2.45) is 17.8 Å². The van der Waals surface area contributed by atoms with E-state index in [1.165, 1.54) is 12.8 Å². The molecule has 1 saturated carbocycles. The lowest BCUT2D eigenvalue weighted by molar-refractivity contribution is -0.0745. The van der Waals surface area contributed by atoms with E-state index in [9.17, 15) is 5.11 Å². The van der Waals surface area contributed by atoms with Gasteiger partial charge in [-0.05, 0) is 43.4 Å². The molecule has 0 heterocycles. The molecule has 1 rings (SSSR count). The first kappa shape index (κ1) is 12.0. The minimum atomic E-state index is -0.368. The normalized spacial score (nSPS) is 40.9. The van der Waals surface area contributed by atoms with E-state index in [1.807, 2.05) is 0 Å². The summed E-state index contributed by atoms with van der Waals surface area (Å²) in [5, 5.41) is 10.6. The van der Waals surface area contributed by atoms with Gasteiger partial charge in [0.25, 0.3) is 0 Å². The zero-order valence-corrected chi connectivity index (χ0v) is 10.2. The van der Waals surface area contributed by atoms with Crippen molar-refractivity contribution in [1.29, 1.82) is 0 Å². The van der Waals surface area contributed by atoms with Gasteiger partial charge in [0.05, 0.1) is 5.60 Å². The van der Waals surface area contributed by atoms with Gasteiger partial charge in [-0.25, -0.2) is 0 Å². The molecule has 0 aromatic heterocycles. The summed E-state index contributed by atoms with van der Waals surface area (Å²) in [4.78, 5) is 0. The van der Waals surface area contributed by atoms with Crippen LogP contribution in [0.2, 0.25) is 0 Å². The van der Waals surface area contributed by atoms with Gasteiger partial charge in [-0.3, -0.25) is 0 Å². The number of aliphatic hydroxyl groups is 1. The molecule has 84 valence electrons. The average Bonchev–Trinajstić information content (AvgIpc) is 2.01. The Bertz CT molecular complexity index is 166.